The molecule has 0 amide bonds. The third-order valence-electron chi connectivity index (χ3n) is 6.13. The van der Waals surface area contributed by atoms with Gasteiger partial charge < -0.3 is 0 Å². The fourth-order valence-electron chi connectivity index (χ4n) is 4.12. The first-order valence-corrected chi connectivity index (χ1v) is 10.4. The molecule has 142 valence electrons. The molecule has 3 aliphatic carbocycles. The van der Waals surface area contributed by atoms with Gasteiger partial charge in [0, 0.05) is 18.1 Å². The SMILES string of the molecule is C=CC(/N=C\C1=CC(C2=CC=CC(C(C)C)C2)CC=C1C)C1C=C=CCC1. The maximum atomic E-state index is 4.89. The molecule has 4 unspecified atom stereocenters. The number of hydrogen-bond donors (Lipinski definition) is 0. The van der Waals surface area contributed by atoms with Crippen molar-refractivity contribution in [1.29, 1.82) is 0 Å². The van der Waals surface area contributed by atoms with Crippen molar-refractivity contribution >= 4 is 6.21 Å². The van der Waals surface area contributed by atoms with Crippen LogP contribution in [0, 0.1) is 23.7 Å². The molecular formula is C26H33N. The molecule has 0 aliphatic heterocycles. The van der Waals surface area contributed by atoms with Gasteiger partial charge in [-0.3, -0.25) is 4.99 Å². The Morgan fingerprint density at radius 3 is 2.85 bits per heavy atom. The predicted molar refractivity (Wildman–Crippen MR) is 118 cm³/mol. The van der Waals surface area contributed by atoms with Crippen LogP contribution in [0.25, 0.3) is 0 Å². The molecule has 3 aliphatic rings. The fraction of sp³-hybridized carbons (Fsp3) is 0.462. The lowest BCUT2D eigenvalue weighted by atomic mass is 9.78. The van der Waals surface area contributed by atoms with Gasteiger partial charge in [0.25, 0.3) is 0 Å². The Morgan fingerprint density at radius 2 is 2.15 bits per heavy atom. The van der Waals surface area contributed by atoms with Gasteiger partial charge in [-0.2, -0.15) is 0 Å². The number of aliphatic imine (C=N–C) groups is 1. The van der Waals surface area contributed by atoms with Crippen molar-refractivity contribution in [3.63, 3.8) is 0 Å². The van der Waals surface area contributed by atoms with E-state index < -0.39 is 0 Å². The second kappa shape index (κ2) is 9.20. The summed E-state index contributed by atoms with van der Waals surface area (Å²) in [4.78, 5) is 4.89. The summed E-state index contributed by atoms with van der Waals surface area (Å²) in [6.07, 6.45) is 24.6. The molecular weight excluding hydrogens is 326 g/mol. The lowest BCUT2D eigenvalue weighted by Gasteiger charge is -2.27. The van der Waals surface area contributed by atoms with E-state index in [1.54, 1.807) is 5.57 Å². The van der Waals surface area contributed by atoms with Gasteiger partial charge >= 0.3 is 0 Å². The van der Waals surface area contributed by atoms with Gasteiger partial charge in [0.2, 0.25) is 0 Å². The van der Waals surface area contributed by atoms with Crippen molar-refractivity contribution in [3.8, 4) is 0 Å². The minimum absolute atomic E-state index is 0.141. The molecule has 0 spiro atoms. The largest absolute Gasteiger partial charge is 0.284 e. The van der Waals surface area contributed by atoms with E-state index in [9.17, 15) is 0 Å². The van der Waals surface area contributed by atoms with Gasteiger partial charge in [-0.1, -0.05) is 55.9 Å². The maximum absolute atomic E-state index is 4.89. The number of allylic oxidation sites excluding steroid dienone is 8. The molecule has 0 bridgehead atoms. The van der Waals surface area contributed by atoms with Crippen LogP contribution in [-0.4, -0.2) is 12.3 Å². The van der Waals surface area contributed by atoms with E-state index in [0.29, 0.717) is 23.7 Å². The summed E-state index contributed by atoms with van der Waals surface area (Å²) >= 11 is 0. The molecule has 0 saturated carbocycles. The van der Waals surface area contributed by atoms with Crippen molar-refractivity contribution in [1.82, 2.24) is 0 Å². The second-order valence-electron chi connectivity index (χ2n) is 8.37. The van der Waals surface area contributed by atoms with Crippen LogP contribution < -0.4 is 0 Å². The summed E-state index contributed by atoms with van der Waals surface area (Å²) in [5, 5.41) is 0. The summed E-state index contributed by atoms with van der Waals surface area (Å²) in [6, 6.07) is 0.141. The number of rotatable bonds is 6. The summed E-state index contributed by atoms with van der Waals surface area (Å²) in [5.74, 6) is 2.28. The van der Waals surface area contributed by atoms with Crippen molar-refractivity contribution in [3.05, 3.63) is 77.6 Å². The average molecular weight is 360 g/mol. The molecule has 0 aromatic carbocycles. The predicted octanol–water partition coefficient (Wildman–Crippen LogP) is 6.78. The zero-order valence-corrected chi connectivity index (χ0v) is 17.1. The molecule has 0 saturated heterocycles. The zero-order valence-electron chi connectivity index (χ0n) is 17.1. The topological polar surface area (TPSA) is 12.4 Å². The van der Waals surface area contributed by atoms with Crippen molar-refractivity contribution < 1.29 is 0 Å². The van der Waals surface area contributed by atoms with Crippen LogP contribution in [0.15, 0.2) is 82.6 Å². The Labute approximate surface area is 165 Å². The lowest BCUT2D eigenvalue weighted by Crippen LogP contribution is -2.17. The standard InChI is InChI=1S/C26H33N/c1-5-26(21-10-7-6-8-11-21)27-18-25-17-24(15-14-20(25)4)23-13-9-12-22(16-23)19(2)3/h5-6,9,11-14,17-19,21-22,24,26H,1,7,10,15-16H2,2-4H3/b27-18-. The Kier molecular flexibility index (Phi) is 6.69. The van der Waals surface area contributed by atoms with E-state index in [1.807, 2.05) is 6.08 Å². The molecule has 0 aromatic heterocycles. The zero-order chi connectivity index (χ0) is 19.2. The summed E-state index contributed by atoms with van der Waals surface area (Å²) in [5.41, 5.74) is 7.42. The molecule has 1 heteroatoms. The van der Waals surface area contributed by atoms with Gasteiger partial charge in [-0.05, 0) is 67.7 Å². The first-order valence-electron chi connectivity index (χ1n) is 10.4. The minimum atomic E-state index is 0.141. The summed E-state index contributed by atoms with van der Waals surface area (Å²) in [7, 11) is 0. The quantitative estimate of drug-likeness (QED) is 0.281. The Hall–Kier alpha value is -2.11. The molecule has 0 N–H and O–H groups in total. The van der Waals surface area contributed by atoms with Gasteiger partial charge in [-0.25, -0.2) is 0 Å². The number of hydrogen-bond acceptors (Lipinski definition) is 1. The third kappa shape index (κ3) is 4.99. The number of nitrogens with zero attached hydrogens (tertiary/aromatic N) is 1. The smallest absolute Gasteiger partial charge is 0.0746 e. The van der Waals surface area contributed by atoms with Crippen LogP contribution in [-0.2, 0) is 0 Å². The van der Waals surface area contributed by atoms with E-state index in [4.69, 9.17) is 4.99 Å². The highest BCUT2D eigenvalue weighted by Crippen LogP contribution is 2.35. The monoisotopic (exact) mass is 359 g/mol. The van der Waals surface area contributed by atoms with Crippen LogP contribution in [0.2, 0.25) is 0 Å². The first kappa shape index (κ1) is 19.6. The molecule has 0 radical (unpaired) electrons. The van der Waals surface area contributed by atoms with Crippen LogP contribution in [0.4, 0.5) is 0 Å². The maximum Gasteiger partial charge on any atom is 0.0746 e. The van der Waals surface area contributed by atoms with Crippen molar-refractivity contribution in [2.75, 3.05) is 0 Å². The van der Waals surface area contributed by atoms with E-state index in [1.165, 1.54) is 17.6 Å². The van der Waals surface area contributed by atoms with Crippen molar-refractivity contribution in [2.24, 2.45) is 28.7 Å². The van der Waals surface area contributed by atoms with Gasteiger partial charge in [0.05, 0.1) is 6.04 Å². The highest BCUT2D eigenvalue weighted by molar-refractivity contribution is 5.85. The van der Waals surface area contributed by atoms with Crippen LogP contribution in [0.3, 0.4) is 0 Å². The Balaban J connectivity index is 1.74. The molecule has 0 heterocycles. The lowest BCUT2D eigenvalue weighted by molar-refractivity contribution is 0.444. The Bertz CT molecular complexity index is 762. The van der Waals surface area contributed by atoms with E-state index in [-0.39, 0.29) is 6.04 Å². The van der Waals surface area contributed by atoms with E-state index in [2.05, 4.69) is 81.8 Å². The molecule has 0 fully saturated rings. The van der Waals surface area contributed by atoms with Gasteiger partial charge in [0.1, 0.15) is 0 Å². The molecule has 4 atom stereocenters. The first-order chi connectivity index (χ1) is 13.1. The van der Waals surface area contributed by atoms with Crippen LogP contribution >= 0.6 is 0 Å². The second-order valence-corrected chi connectivity index (χ2v) is 8.37. The van der Waals surface area contributed by atoms with Gasteiger partial charge in [-0.15, -0.1) is 12.3 Å². The molecule has 0 aromatic rings. The van der Waals surface area contributed by atoms with Crippen LogP contribution in [0.1, 0.15) is 46.5 Å². The minimum Gasteiger partial charge on any atom is -0.284 e. The Morgan fingerprint density at radius 1 is 1.30 bits per heavy atom. The average Bonchev–Trinajstić information content (AvgIpc) is 2.70. The summed E-state index contributed by atoms with van der Waals surface area (Å²) in [6.45, 7) is 10.9. The highest BCUT2D eigenvalue weighted by atomic mass is 14.8. The molecule has 27 heavy (non-hydrogen) atoms. The normalized spacial score (nSPS) is 28.9. The van der Waals surface area contributed by atoms with Gasteiger partial charge in [0.15, 0.2) is 0 Å². The van der Waals surface area contributed by atoms with Crippen LogP contribution in [0.5, 0.6) is 0 Å². The van der Waals surface area contributed by atoms with E-state index in [0.717, 1.165) is 19.3 Å². The fourth-order valence-corrected chi connectivity index (χ4v) is 4.12. The van der Waals surface area contributed by atoms with E-state index >= 15 is 0 Å². The molecule has 3 rings (SSSR count). The summed E-state index contributed by atoms with van der Waals surface area (Å²) < 4.78 is 0. The third-order valence-corrected chi connectivity index (χ3v) is 6.13. The molecule has 1 nitrogen and oxygen atoms in total. The van der Waals surface area contributed by atoms with Crippen molar-refractivity contribution in [2.45, 2.75) is 52.5 Å². The highest BCUT2D eigenvalue weighted by Gasteiger charge is 2.22.